The highest BCUT2D eigenvalue weighted by Crippen LogP contribution is 2.22. The van der Waals surface area contributed by atoms with E-state index in [4.69, 9.17) is 16.3 Å². The SMILES string of the molecule is CN(Cc1ccc(N2CCOCC2)cc1)C(=O)c1nc(N2CCCCC2)ncc1Cl. The molecule has 160 valence electrons. The third-order valence-corrected chi connectivity index (χ3v) is 5.93. The molecule has 2 aliphatic heterocycles. The minimum Gasteiger partial charge on any atom is -0.378 e. The second-order valence-corrected chi connectivity index (χ2v) is 8.25. The van der Waals surface area contributed by atoms with Gasteiger partial charge in [-0.05, 0) is 37.0 Å². The zero-order chi connectivity index (χ0) is 20.9. The number of piperidine rings is 1. The molecule has 7 nitrogen and oxygen atoms in total. The lowest BCUT2D eigenvalue weighted by molar-refractivity contribution is 0.0779. The van der Waals surface area contributed by atoms with Gasteiger partial charge in [-0.2, -0.15) is 0 Å². The number of hydrogen-bond acceptors (Lipinski definition) is 6. The van der Waals surface area contributed by atoms with Gasteiger partial charge in [0.15, 0.2) is 5.69 Å². The van der Waals surface area contributed by atoms with Crippen molar-refractivity contribution in [2.24, 2.45) is 0 Å². The number of aromatic nitrogens is 2. The number of carbonyl (C=O) groups excluding carboxylic acids is 1. The summed E-state index contributed by atoms with van der Waals surface area (Å²) in [5.74, 6) is 0.392. The number of carbonyl (C=O) groups is 1. The van der Waals surface area contributed by atoms with Crippen molar-refractivity contribution in [1.29, 1.82) is 0 Å². The number of ether oxygens (including phenoxy) is 1. The maximum atomic E-state index is 13.0. The summed E-state index contributed by atoms with van der Waals surface area (Å²) in [6.07, 6.45) is 5.00. The van der Waals surface area contributed by atoms with Crippen molar-refractivity contribution in [3.05, 3.63) is 46.7 Å². The molecule has 2 fully saturated rings. The molecule has 3 heterocycles. The first-order valence-electron chi connectivity index (χ1n) is 10.6. The molecule has 1 aromatic heterocycles. The van der Waals surface area contributed by atoms with Gasteiger partial charge in [0.05, 0.1) is 24.4 Å². The van der Waals surface area contributed by atoms with Crippen LogP contribution >= 0.6 is 11.6 Å². The molecule has 0 spiro atoms. The molecule has 2 saturated heterocycles. The van der Waals surface area contributed by atoms with Crippen LogP contribution in [-0.4, -0.2) is 67.2 Å². The highest BCUT2D eigenvalue weighted by Gasteiger charge is 2.21. The largest absolute Gasteiger partial charge is 0.378 e. The quantitative estimate of drug-likeness (QED) is 0.727. The second-order valence-electron chi connectivity index (χ2n) is 7.84. The molecule has 0 bridgehead atoms. The lowest BCUT2D eigenvalue weighted by Gasteiger charge is -2.29. The zero-order valence-corrected chi connectivity index (χ0v) is 18.1. The standard InChI is InChI=1S/C22H28ClN5O2/c1-26(16-17-5-7-18(8-6-17)27-11-13-30-14-12-27)21(29)20-19(23)15-24-22(25-20)28-9-3-2-4-10-28/h5-8,15H,2-4,9-14,16H2,1H3. The van der Waals surface area contributed by atoms with Crippen LogP contribution in [0.4, 0.5) is 11.6 Å². The van der Waals surface area contributed by atoms with Gasteiger partial charge in [-0.3, -0.25) is 4.79 Å². The van der Waals surface area contributed by atoms with E-state index < -0.39 is 0 Å². The molecule has 0 N–H and O–H groups in total. The van der Waals surface area contributed by atoms with E-state index in [1.54, 1.807) is 11.9 Å². The van der Waals surface area contributed by atoms with Gasteiger partial charge in [-0.1, -0.05) is 23.7 Å². The summed E-state index contributed by atoms with van der Waals surface area (Å²) in [7, 11) is 1.78. The van der Waals surface area contributed by atoms with E-state index in [1.165, 1.54) is 18.3 Å². The van der Waals surface area contributed by atoms with Crippen molar-refractivity contribution in [2.75, 3.05) is 56.2 Å². The van der Waals surface area contributed by atoms with Gasteiger partial charge >= 0.3 is 0 Å². The van der Waals surface area contributed by atoms with Crippen molar-refractivity contribution in [3.63, 3.8) is 0 Å². The molecule has 8 heteroatoms. The summed E-state index contributed by atoms with van der Waals surface area (Å²) in [4.78, 5) is 28.0. The second kappa shape index (κ2) is 9.62. The van der Waals surface area contributed by atoms with Gasteiger partial charge in [0.25, 0.3) is 5.91 Å². The zero-order valence-electron chi connectivity index (χ0n) is 17.4. The summed E-state index contributed by atoms with van der Waals surface area (Å²) in [6, 6.07) is 8.33. The Morgan fingerprint density at radius 1 is 1.07 bits per heavy atom. The first-order chi connectivity index (χ1) is 14.6. The molecular formula is C22H28ClN5O2. The van der Waals surface area contributed by atoms with Crippen molar-refractivity contribution in [1.82, 2.24) is 14.9 Å². The molecule has 4 rings (SSSR count). The van der Waals surface area contributed by atoms with Crippen LogP contribution in [-0.2, 0) is 11.3 Å². The van der Waals surface area contributed by atoms with Gasteiger partial charge in [0.2, 0.25) is 5.95 Å². The molecule has 2 aromatic rings. The molecule has 0 atom stereocenters. The van der Waals surface area contributed by atoms with E-state index >= 15 is 0 Å². The van der Waals surface area contributed by atoms with Crippen molar-refractivity contribution >= 4 is 29.1 Å². The predicted molar refractivity (Wildman–Crippen MR) is 118 cm³/mol. The monoisotopic (exact) mass is 429 g/mol. The minimum atomic E-state index is -0.196. The fourth-order valence-electron chi connectivity index (χ4n) is 3.91. The molecule has 0 aliphatic carbocycles. The highest BCUT2D eigenvalue weighted by molar-refractivity contribution is 6.33. The van der Waals surface area contributed by atoms with Crippen LogP contribution < -0.4 is 9.80 Å². The Bertz CT molecular complexity index is 864. The summed E-state index contributed by atoms with van der Waals surface area (Å²) < 4.78 is 5.41. The molecule has 30 heavy (non-hydrogen) atoms. The fourth-order valence-corrected chi connectivity index (χ4v) is 4.09. The van der Waals surface area contributed by atoms with Crippen molar-refractivity contribution < 1.29 is 9.53 Å². The van der Waals surface area contributed by atoms with Crippen LogP contribution in [0.5, 0.6) is 0 Å². The van der Waals surface area contributed by atoms with E-state index in [1.807, 2.05) is 0 Å². The smallest absolute Gasteiger partial charge is 0.274 e. The Labute approximate surface area is 182 Å². The minimum absolute atomic E-state index is 0.196. The van der Waals surface area contributed by atoms with Crippen LogP contribution in [0.3, 0.4) is 0 Å². The Balaban J connectivity index is 1.43. The molecule has 0 radical (unpaired) electrons. The van der Waals surface area contributed by atoms with Crippen molar-refractivity contribution in [3.8, 4) is 0 Å². The molecule has 0 saturated carbocycles. The van der Waals surface area contributed by atoms with E-state index in [-0.39, 0.29) is 16.6 Å². The maximum Gasteiger partial charge on any atom is 0.274 e. The Kier molecular flexibility index (Phi) is 6.69. The number of halogens is 1. The van der Waals surface area contributed by atoms with Gasteiger partial charge in [0, 0.05) is 45.5 Å². The van der Waals surface area contributed by atoms with Crippen LogP contribution in [0.25, 0.3) is 0 Å². The van der Waals surface area contributed by atoms with Gasteiger partial charge in [-0.15, -0.1) is 0 Å². The van der Waals surface area contributed by atoms with E-state index in [0.29, 0.717) is 12.5 Å². The fraction of sp³-hybridized carbons (Fsp3) is 0.500. The van der Waals surface area contributed by atoms with Crippen molar-refractivity contribution in [2.45, 2.75) is 25.8 Å². The lowest BCUT2D eigenvalue weighted by Crippen LogP contribution is -2.36. The first kappa shape index (κ1) is 20.9. The third-order valence-electron chi connectivity index (χ3n) is 5.65. The van der Waals surface area contributed by atoms with Crippen LogP contribution in [0, 0.1) is 0 Å². The van der Waals surface area contributed by atoms with Crippen LogP contribution in [0.15, 0.2) is 30.5 Å². The Morgan fingerprint density at radius 3 is 2.47 bits per heavy atom. The number of nitrogens with zero attached hydrogens (tertiary/aromatic N) is 5. The average Bonchev–Trinajstić information content (AvgIpc) is 2.80. The number of morpholine rings is 1. The Hall–Kier alpha value is -2.38. The number of anilines is 2. The van der Waals surface area contributed by atoms with E-state index in [9.17, 15) is 4.79 Å². The Morgan fingerprint density at radius 2 is 1.77 bits per heavy atom. The summed E-state index contributed by atoms with van der Waals surface area (Å²) >= 11 is 6.28. The predicted octanol–water partition coefficient (Wildman–Crippen LogP) is 3.23. The van der Waals surface area contributed by atoms with Crippen LogP contribution in [0.1, 0.15) is 35.3 Å². The first-order valence-corrected chi connectivity index (χ1v) is 10.9. The normalized spacial score (nSPS) is 17.1. The third kappa shape index (κ3) is 4.84. The summed E-state index contributed by atoms with van der Waals surface area (Å²) in [5.41, 5.74) is 2.50. The van der Waals surface area contributed by atoms with Gasteiger partial charge < -0.3 is 19.4 Å². The van der Waals surface area contributed by atoms with Gasteiger partial charge in [0.1, 0.15) is 0 Å². The number of amides is 1. The summed E-state index contributed by atoms with van der Waals surface area (Å²) in [6.45, 7) is 5.66. The maximum absolute atomic E-state index is 13.0. The highest BCUT2D eigenvalue weighted by atomic mass is 35.5. The van der Waals surface area contributed by atoms with E-state index in [2.05, 4.69) is 44.0 Å². The summed E-state index contributed by atoms with van der Waals surface area (Å²) in [5, 5.41) is 0.287. The molecular weight excluding hydrogens is 402 g/mol. The molecule has 1 aromatic carbocycles. The lowest BCUT2D eigenvalue weighted by atomic mass is 10.1. The van der Waals surface area contributed by atoms with Crippen LogP contribution in [0.2, 0.25) is 5.02 Å². The number of rotatable bonds is 5. The topological polar surface area (TPSA) is 61.8 Å². The molecule has 0 unspecified atom stereocenters. The number of hydrogen-bond donors (Lipinski definition) is 0. The molecule has 1 amide bonds. The molecule has 2 aliphatic rings. The average molecular weight is 430 g/mol. The van der Waals surface area contributed by atoms with Gasteiger partial charge in [-0.25, -0.2) is 9.97 Å². The number of benzene rings is 1. The van der Waals surface area contributed by atoms with E-state index in [0.717, 1.165) is 57.8 Å².